The molecule has 5 amide bonds. The van der Waals surface area contributed by atoms with Crippen LogP contribution < -0.4 is 30.7 Å². The van der Waals surface area contributed by atoms with E-state index >= 15 is 0 Å². The Labute approximate surface area is 256 Å². The highest BCUT2D eigenvalue weighted by Crippen LogP contribution is 2.33. The second-order valence-electron chi connectivity index (χ2n) is 10.9. The fourth-order valence-electron chi connectivity index (χ4n) is 5.57. The molecular formula is C31H42BrN5O5. The van der Waals surface area contributed by atoms with E-state index in [1.165, 1.54) is 6.42 Å². The maximum absolute atomic E-state index is 13.8. The van der Waals surface area contributed by atoms with Crippen LogP contribution in [-0.2, 0) is 17.8 Å². The molecule has 2 aromatic carbocycles. The summed E-state index contributed by atoms with van der Waals surface area (Å²) in [7, 11) is 3.20. The molecule has 1 saturated carbocycles. The van der Waals surface area contributed by atoms with Gasteiger partial charge in [0.15, 0.2) is 11.5 Å². The summed E-state index contributed by atoms with van der Waals surface area (Å²) in [6.45, 7) is 1.46. The van der Waals surface area contributed by atoms with Crippen LogP contribution in [0.15, 0.2) is 40.9 Å². The number of nitrogens with zero attached hydrogens (tertiary/aromatic N) is 1. The number of amides is 5. The molecule has 42 heavy (non-hydrogen) atoms. The number of fused-ring (bicyclic) bond motifs is 1. The predicted molar refractivity (Wildman–Crippen MR) is 166 cm³/mol. The number of benzene rings is 2. The molecule has 1 fully saturated rings. The van der Waals surface area contributed by atoms with Crippen LogP contribution in [0.5, 0.6) is 11.5 Å². The molecule has 0 aromatic heterocycles. The summed E-state index contributed by atoms with van der Waals surface area (Å²) in [6.07, 6.45) is 8.11. The Hall–Kier alpha value is -3.47. The van der Waals surface area contributed by atoms with Gasteiger partial charge in [-0.1, -0.05) is 35.2 Å². The van der Waals surface area contributed by atoms with Crippen molar-refractivity contribution < 1.29 is 23.9 Å². The summed E-state index contributed by atoms with van der Waals surface area (Å²) in [5, 5.41) is 11.7. The lowest BCUT2D eigenvalue weighted by Gasteiger charge is -2.32. The van der Waals surface area contributed by atoms with Gasteiger partial charge in [-0.2, -0.15) is 0 Å². The first kappa shape index (κ1) is 31.5. The summed E-state index contributed by atoms with van der Waals surface area (Å²) in [6, 6.07) is 10.1. The van der Waals surface area contributed by atoms with Crippen LogP contribution in [0.3, 0.4) is 0 Å². The summed E-state index contributed by atoms with van der Waals surface area (Å²) in [4.78, 5) is 40.7. The number of hydrogen-bond acceptors (Lipinski definition) is 5. The first-order valence-electron chi connectivity index (χ1n) is 14.8. The van der Waals surface area contributed by atoms with Crippen LogP contribution in [0.4, 0.5) is 15.3 Å². The number of rotatable bonds is 11. The van der Waals surface area contributed by atoms with Crippen molar-refractivity contribution in [3.8, 4) is 11.5 Å². The first-order valence-corrected chi connectivity index (χ1v) is 15.6. The van der Waals surface area contributed by atoms with Crippen LogP contribution in [0.1, 0.15) is 62.5 Å². The molecule has 4 N–H and O–H groups in total. The summed E-state index contributed by atoms with van der Waals surface area (Å²) < 4.78 is 11.8. The van der Waals surface area contributed by atoms with Crippen LogP contribution in [0.25, 0.3) is 0 Å². The smallest absolute Gasteiger partial charge is 0.319 e. The van der Waals surface area contributed by atoms with Crippen LogP contribution in [0.2, 0.25) is 0 Å². The molecule has 1 unspecified atom stereocenters. The van der Waals surface area contributed by atoms with Gasteiger partial charge in [0.25, 0.3) is 0 Å². The zero-order valence-electron chi connectivity index (χ0n) is 24.5. The normalized spacial score (nSPS) is 15.6. The molecule has 2 aromatic rings. The molecule has 1 aliphatic carbocycles. The average Bonchev–Trinajstić information content (AvgIpc) is 3.00. The van der Waals surface area contributed by atoms with Crippen molar-refractivity contribution in [2.75, 3.05) is 32.6 Å². The number of hydrogen-bond donors (Lipinski definition) is 4. The minimum absolute atomic E-state index is 0.135. The maximum Gasteiger partial charge on any atom is 0.319 e. The Morgan fingerprint density at radius 3 is 2.33 bits per heavy atom. The third-order valence-electron chi connectivity index (χ3n) is 7.88. The Morgan fingerprint density at radius 2 is 1.64 bits per heavy atom. The largest absolute Gasteiger partial charge is 0.493 e. The maximum atomic E-state index is 13.8. The van der Waals surface area contributed by atoms with Gasteiger partial charge in [-0.25, -0.2) is 9.59 Å². The molecular weight excluding hydrogens is 602 g/mol. The molecule has 1 atom stereocenters. The monoisotopic (exact) mass is 643 g/mol. The summed E-state index contributed by atoms with van der Waals surface area (Å²) >= 11 is 3.39. The predicted octanol–water partition coefficient (Wildman–Crippen LogP) is 5.34. The lowest BCUT2D eigenvalue weighted by molar-refractivity contribution is -0.134. The van der Waals surface area contributed by atoms with Crippen molar-refractivity contribution in [3.05, 3.63) is 52.0 Å². The van der Waals surface area contributed by atoms with Gasteiger partial charge < -0.3 is 35.6 Å². The van der Waals surface area contributed by atoms with Crippen molar-refractivity contribution >= 4 is 39.6 Å². The minimum atomic E-state index is -0.710. The third-order valence-corrected chi connectivity index (χ3v) is 8.41. The van der Waals surface area contributed by atoms with Gasteiger partial charge >= 0.3 is 12.1 Å². The van der Waals surface area contributed by atoms with Gasteiger partial charge in [0.05, 0.1) is 14.2 Å². The fourth-order valence-corrected chi connectivity index (χ4v) is 5.83. The Bertz CT molecular complexity index is 1220. The van der Waals surface area contributed by atoms with E-state index in [9.17, 15) is 14.4 Å². The van der Waals surface area contributed by atoms with Gasteiger partial charge in [0.2, 0.25) is 5.91 Å². The minimum Gasteiger partial charge on any atom is -0.493 e. The number of carbonyl (C=O) groups excluding carboxylic acids is 3. The first-order chi connectivity index (χ1) is 20.4. The van der Waals surface area contributed by atoms with Crippen molar-refractivity contribution in [1.82, 2.24) is 20.9 Å². The van der Waals surface area contributed by atoms with Gasteiger partial charge in [-0.05, 0) is 86.1 Å². The molecule has 0 saturated heterocycles. The topological polar surface area (TPSA) is 121 Å². The van der Waals surface area contributed by atoms with E-state index in [0.29, 0.717) is 62.5 Å². The zero-order valence-corrected chi connectivity index (χ0v) is 26.1. The molecule has 11 heteroatoms. The SMILES string of the molecule is COc1cc2c(cc1OC)CN(C(=O)C(CCCCNC(=O)NC1CCCCC1)NC(=O)Nc1ccc(Br)cc1)CC2. The van der Waals surface area contributed by atoms with Crippen molar-refractivity contribution in [2.45, 2.75) is 76.4 Å². The Kier molecular flexibility index (Phi) is 11.7. The summed E-state index contributed by atoms with van der Waals surface area (Å²) in [5.74, 6) is 1.15. The van der Waals surface area contributed by atoms with Gasteiger partial charge in [-0.3, -0.25) is 4.79 Å². The van der Waals surface area contributed by atoms with Crippen LogP contribution in [0, 0.1) is 0 Å². The lowest BCUT2D eigenvalue weighted by atomic mass is 9.96. The van der Waals surface area contributed by atoms with Crippen LogP contribution in [-0.4, -0.2) is 62.3 Å². The number of carbonyl (C=O) groups is 3. The number of methoxy groups -OCH3 is 2. The zero-order chi connectivity index (χ0) is 29.9. The van der Waals surface area contributed by atoms with Crippen molar-refractivity contribution in [1.29, 1.82) is 0 Å². The molecule has 0 radical (unpaired) electrons. The van der Waals surface area contributed by atoms with E-state index in [1.54, 1.807) is 31.3 Å². The number of anilines is 1. The molecule has 0 spiro atoms. The highest BCUT2D eigenvalue weighted by atomic mass is 79.9. The molecule has 0 bridgehead atoms. The fraction of sp³-hybridized carbons (Fsp3) is 0.516. The number of halogens is 1. The Morgan fingerprint density at radius 1 is 0.952 bits per heavy atom. The van der Waals surface area contributed by atoms with E-state index in [4.69, 9.17) is 9.47 Å². The highest BCUT2D eigenvalue weighted by Gasteiger charge is 2.29. The van der Waals surface area contributed by atoms with Crippen molar-refractivity contribution in [2.24, 2.45) is 0 Å². The Balaban J connectivity index is 1.35. The highest BCUT2D eigenvalue weighted by molar-refractivity contribution is 9.10. The molecule has 228 valence electrons. The van der Waals surface area contributed by atoms with E-state index in [2.05, 4.69) is 37.2 Å². The van der Waals surface area contributed by atoms with Gasteiger partial charge in [0.1, 0.15) is 6.04 Å². The quantitative estimate of drug-likeness (QED) is 0.246. The van der Waals surface area contributed by atoms with Crippen molar-refractivity contribution in [3.63, 3.8) is 0 Å². The van der Waals surface area contributed by atoms with E-state index in [0.717, 1.165) is 41.3 Å². The summed E-state index contributed by atoms with van der Waals surface area (Å²) in [5.41, 5.74) is 2.74. The third kappa shape index (κ3) is 9.01. The number of urea groups is 2. The molecule has 1 heterocycles. The lowest BCUT2D eigenvalue weighted by Crippen LogP contribution is -2.50. The van der Waals surface area contributed by atoms with E-state index in [1.807, 2.05) is 24.3 Å². The van der Waals surface area contributed by atoms with E-state index < -0.39 is 12.1 Å². The number of ether oxygens (including phenoxy) is 2. The van der Waals surface area contributed by atoms with Gasteiger partial charge in [-0.15, -0.1) is 0 Å². The molecule has 10 nitrogen and oxygen atoms in total. The number of unbranched alkanes of at least 4 members (excludes halogenated alkanes) is 1. The standard InChI is InChI=1S/C31H42BrN5O5/c1-41-27-18-21-15-17-37(20-22(21)19-28(27)42-2)29(38)26(36-31(40)35-25-13-11-23(32)12-14-25)10-6-7-16-33-30(39)34-24-8-4-3-5-9-24/h11-14,18-19,24,26H,3-10,15-17,20H2,1-2H3,(H2,33,34,39)(H2,35,36,40). The average molecular weight is 645 g/mol. The second kappa shape index (κ2) is 15.7. The number of nitrogens with one attached hydrogen (secondary N) is 4. The molecule has 1 aliphatic heterocycles. The molecule has 4 rings (SSSR count). The van der Waals surface area contributed by atoms with Crippen LogP contribution >= 0.6 is 15.9 Å². The van der Waals surface area contributed by atoms with E-state index in [-0.39, 0.29) is 18.0 Å². The second-order valence-corrected chi connectivity index (χ2v) is 11.8. The van der Waals surface area contributed by atoms with Gasteiger partial charge in [0, 0.05) is 35.8 Å². The molecule has 2 aliphatic rings.